The van der Waals surface area contributed by atoms with Gasteiger partial charge in [-0.2, -0.15) is 0 Å². The van der Waals surface area contributed by atoms with Crippen LogP contribution in [0, 0.1) is 6.92 Å². The average Bonchev–Trinajstić information content (AvgIpc) is 0.671. The zero-order valence-corrected chi connectivity index (χ0v) is 65.0. The molecule has 0 aromatic heterocycles. The van der Waals surface area contributed by atoms with Gasteiger partial charge in [0.2, 0.25) is 0 Å². The van der Waals surface area contributed by atoms with Gasteiger partial charge in [0.25, 0.3) is 13.4 Å². The van der Waals surface area contributed by atoms with Gasteiger partial charge in [-0.3, -0.25) is 0 Å². The Bertz CT molecular complexity index is 5400. The molecule has 0 fully saturated rings. The molecule has 0 aliphatic carbocycles. The molecule has 4 aliphatic heterocycles. The summed E-state index contributed by atoms with van der Waals surface area (Å²) in [4.78, 5) is 10.5. The Labute approximate surface area is 616 Å². The molecule has 516 valence electrons. The van der Waals surface area contributed by atoms with Crippen molar-refractivity contribution < 1.29 is 0 Å². The fourth-order valence-electron chi connectivity index (χ4n) is 17.4. The lowest BCUT2D eigenvalue weighted by atomic mass is 9.33. The first kappa shape index (κ1) is 67.9. The summed E-state index contributed by atoms with van der Waals surface area (Å²) in [6.45, 7) is 49.2. The predicted octanol–water partition coefficient (Wildman–Crippen LogP) is 22.8. The van der Waals surface area contributed by atoms with Crippen LogP contribution >= 0.6 is 0 Å². The Morgan fingerprint density at radius 2 is 0.641 bits per heavy atom. The molecule has 4 nitrogen and oxygen atoms in total. The van der Waals surface area contributed by atoms with Crippen molar-refractivity contribution in [3.05, 3.63) is 275 Å². The number of aryl methyl sites for hydroxylation is 1. The molecule has 0 saturated carbocycles. The monoisotopic (exact) mass is 1340 g/mol. The first-order valence-corrected chi connectivity index (χ1v) is 37.8. The van der Waals surface area contributed by atoms with Gasteiger partial charge in [0.05, 0.1) is 5.69 Å². The van der Waals surface area contributed by atoms with E-state index >= 15 is 0 Å². The Morgan fingerprint density at radius 3 is 1.13 bits per heavy atom. The number of hydrogen-bond donors (Lipinski definition) is 0. The van der Waals surface area contributed by atoms with Gasteiger partial charge in [-0.1, -0.05) is 284 Å². The van der Waals surface area contributed by atoms with E-state index < -0.39 is 0 Å². The number of rotatable bonds is 7. The van der Waals surface area contributed by atoms with Crippen LogP contribution in [0.1, 0.15) is 189 Å². The van der Waals surface area contributed by atoms with Crippen LogP contribution in [-0.4, -0.2) is 13.4 Å². The summed E-state index contributed by atoms with van der Waals surface area (Å²) in [6, 6.07) is 89.0. The highest BCUT2D eigenvalue weighted by molar-refractivity contribution is 7.01. The second-order valence-electron chi connectivity index (χ2n) is 37.4. The standard InChI is InChI=1S/C97H102B2N4/c1-60-26-50-84-86-88(60)102(73-44-33-66(34-45-73)93(8,9)10)83-53-39-70(58-80(83)99(86)79-57-69(96(17,18)19)37-51-81(79)100(84)71-40-29-64(30-41-71)91(2,3)4)97(20,21)59-61-27-48-76-63(54-61)55-85-87-90(76)103(74-46-35-67(36-47-74)94(11,12)13)89-75-25-23-22-24-62(75)28-49-77(89)98(87)78-56-68(95(14,15)16)38-52-82(78)101(85)72-42-31-65(32-43-72)92(5,6)7/h22-58H,59H2,1-21H3. The van der Waals surface area contributed by atoms with Crippen LogP contribution in [0.25, 0.3) is 21.5 Å². The van der Waals surface area contributed by atoms with Crippen LogP contribution in [0.2, 0.25) is 0 Å². The van der Waals surface area contributed by atoms with Crippen LogP contribution in [0.15, 0.2) is 224 Å². The predicted molar refractivity (Wildman–Crippen MR) is 450 cm³/mol. The van der Waals surface area contributed by atoms with Crippen molar-refractivity contribution in [3.63, 3.8) is 0 Å². The van der Waals surface area contributed by atoms with Crippen molar-refractivity contribution in [1.29, 1.82) is 0 Å². The van der Waals surface area contributed by atoms with Gasteiger partial charge in [0.15, 0.2) is 0 Å². The number of fused-ring (bicyclic) bond motifs is 12. The van der Waals surface area contributed by atoms with E-state index in [4.69, 9.17) is 0 Å². The lowest BCUT2D eigenvalue weighted by Crippen LogP contribution is -2.62. The summed E-state index contributed by atoms with van der Waals surface area (Å²) in [5.41, 5.74) is 34.1. The first-order chi connectivity index (χ1) is 48.5. The molecular formula is C97H102B2N4. The third kappa shape index (κ3) is 11.3. The van der Waals surface area contributed by atoms with Crippen LogP contribution in [0.4, 0.5) is 68.2 Å². The van der Waals surface area contributed by atoms with Crippen molar-refractivity contribution in [2.75, 3.05) is 19.6 Å². The summed E-state index contributed by atoms with van der Waals surface area (Å²) in [7, 11) is 0. The van der Waals surface area contributed by atoms with Gasteiger partial charge in [-0.15, -0.1) is 0 Å². The van der Waals surface area contributed by atoms with Gasteiger partial charge in [-0.05, 0) is 224 Å². The third-order valence-electron chi connectivity index (χ3n) is 23.4. The molecule has 0 unspecified atom stereocenters. The number of nitrogens with zero attached hydrogens (tertiary/aromatic N) is 4. The van der Waals surface area contributed by atoms with E-state index in [9.17, 15) is 0 Å². The molecule has 0 spiro atoms. The van der Waals surface area contributed by atoms with Gasteiger partial charge in [0.1, 0.15) is 0 Å². The third-order valence-corrected chi connectivity index (χ3v) is 23.4. The van der Waals surface area contributed by atoms with Gasteiger partial charge in [0, 0.05) is 73.3 Å². The summed E-state index contributed by atoms with van der Waals surface area (Å²) < 4.78 is 0. The maximum atomic E-state index is 2.67. The zero-order chi connectivity index (χ0) is 72.7. The van der Waals surface area contributed by atoms with Crippen molar-refractivity contribution in [2.45, 2.75) is 190 Å². The summed E-state index contributed by atoms with van der Waals surface area (Å²) in [5.74, 6) is 0. The van der Waals surface area contributed by atoms with Crippen molar-refractivity contribution in [1.82, 2.24) is 0 Å². The molecule has 0 atom stereocenters. The van der Waals surface area contributed by atoms with E-state index in [0.29, 0.717) is 0 Å². The van der Waals surface area contributed by atoms with Crippen LogP contribution in [0.5, 0.6) is 0 Å². The van der Waals surface area contributed by atoms with E-state index in [1.54, 1.807) is 0 Å². The minimum absolute atomic E-state index is 0.00150. The SMILES string of the molecule is Cc1ccc2c3c1N(c1ccc(C(C)(C)C)cc1)c1ccc(C(C)(C)Cc4ccc5c6c7c(cc5c4)N(c4ccc(C(C)(C)C)cc4)c4ccc(C(C)(C)C)cc4B7c4ccc5ccccc5c4N6c4ccc(C(C)(C)C)cc4)cc1B3c1cc(C(C)(C)C)ccc1N2c1ccc(C(C)(C)C)cc1. The second kappa shape index (κ2) is 23.5. The van der Waals surface area contributed by atoms with Crippen LogP contribution in [-0.2, 0) is 44.3 Å². The van der Waals surface area contributed by atoms with E-state index in [1.165, 1.54) is 161 Å². The fourth-order valence-corrected chi connectivity index (χ4v) is 17.4. The molecule has 4 heterocycles. The molecule has 16 rings (SSSR count). The normalized spacial score (nSPS) is 14.4. The highest BCUT2D eigenvalue weighted by Gasteiger charge is 2.48. The maximum absolute atomic E-state index is 2.67. The second-order valence-corrected chi connectivity index (χ2v) is 37.4. The topological polar surface area (TPSA) is 13.0 Å². The van der Waals surface area contributed by atoms with E-state index in [-0.39, 0.29) is 51.3 Å². The lowest BCUT2D eigenvalue weighted by Gasteiger charge is -2.45. The highest BCUT2D eigenvalue weighted by Crippen LogP contribution is 2.52. The molecule has 0 saturated heterocycles. The average molecular weight is 1350 g/mol. The Balaban J connectivity index is 0.905. The van der Waals surface area contributed by atoms with E-state index in [0.717, 1.165) is 17.8 Å². The molecule has 12 aromatic rings. The van der Waals surface area contributed by atoms with Crippen LogP contribution in [0.3, 0.4) is 0 Å². The number of hydrogen-bond acceptors (Lipinski definition) is 4. The Kier molecular flexibility index (Phi) is 15.5. The zero-order valence-electron chi connectivity index (χ0n) is 65.0. The first-order valence-electron chi connectivity index (χ1n) is 37.8. The van der Waals surface area contributed by atoms with E-state index in [2.05, 4.69) is 389 Å². The molecule has 6 heteroatoms. The van der Waals surface area contributed by atoms with Crippen molar-refractivity contribution >= 4 is 136 Å². The molecule has 4 aliphatic rings. The summed E-state index contributed by atoms with van der Waals surface area (Å²) in [6.07, 6.45) is 0.825. The molecule has 0 amide bonds. The summed E-state index contributed by atoms with van der Waals surface area (Å²) >= 11 is 0. The van der Waals surface area contributed by atoms with Gasteiger partial charge >= 0.3 is 0 Å². The minimum Gasteiger partial charge on any atom is -0.311 e. The Morgan fingerprint density at radius 1 is 0.262 bits per heavy atom. The number of benzene rings is 12. The quantitative estimate of drug-likeness (QED) is 0.147. The van der Waals surface area contributed by atoms with Gasteiger partial charge in [-0.25, -0.2) is 0 Å². The number of anilines is 12. The summed E-state index contributed by atoms with van der Waals surface area (Å²) in [5, 5.41) is 4.98. The molecule has 0 N–H and O–H groups in total. The molecule has 0 bridgehead atoms. The van der Waals surface area contributed by atoms with Crippen LogP contribution < -0.4 is 52.4 Å². The van der Waals surface area contributed by atoms with Crippen molar-refractivity contribution in [2.24, 2.45) is 0 Å². The molecule has 103 heavy (non-hydrogen) atoms. The largest absolute Gasteiger partial charge is 0.311 e. The highest BCUT2D eigenvalue weighted by atomic mass is 15.2. The smallest absolute Gasteiger partial charge is 0.252 e. The maximum Gasteiger partial charge on any atom is 0.252 e. The van der Waals surface area contributed by atoms with Crippen molar-refractivity contribution in [3.8, 4) is 0 Å². The fraction of sp³-hybridized carbons (Fsp3) is 0.299. The van der Waals surface area contributed by atoms with E-state index in [1.807, 2.05) is 0 Å². The lowest BCUT2D eigenvalue weighted by molar-refractivity contribution is 0.523. The molecular weight excluding hydrogens is 1240 g/mol. The minimum atomic E-state index is -0.306. The Hall–Kier alpha value is -9.51. The van der Waals surface area contributed by atoms with Gasteiger partial charge < -0.3 is 19.6 Å². The molecule has 12 aromatic carbocycles. The molecule has 0 radical (unpaired) electrons.